The Morgan fingerprint density at radius 2 is 1.44 bits per heavy atom. The zero-order chi connectivity index (χ0) is 19.2. The van der Waals surface area contributed by atoms with E-state index in [0.29, 0.717) is 24.3 Å². The van der Waals surface area contributed by atoms with Crippen molar-refractivity contribution in [2.45, 2.75) is 108 Å². The van der Waals surface area contributed by atoms with Crippen molar-refractivity contribution in [3.8, 4) is 0 Å². The van der Waals surface area contributed by atoms with Gasteiger partial charge >= 0.3 is 0 Å². The van der Waals surface area contributed by atoms with Crippen molar-refractivity contribution in [2.75, 3.05) is 7.05 Å². The van der Waals surface area contributed by atoms with Gasteiger partial charge in [0, 0.05) is 23.9 Å². The first-order chi connectivity index (χ1) is 13.0. The van der Waals surface area contributed by atoms with Crippen molar-refractivity contribution < 1.29 is 14.3 Å². The molecule has 3 aliphatic carbocycles. The fourth-order valence-electron chi connectivity index (χ4n) is 5.23. The average Bonchev–Trinajstić information content (AvgIpc) is 2.69. The van der Waals surface area contributed by atoms with Gasteiger partial charge in [0.25, 0.3) is 0 Å². The van der Waals surface area contributed by atoms with Crippen molar-refractivity contribution in [3.05, 3.63) is 0 Å². The first kappa shape index (κ1) is 20.8. The van der Waals surface area contributed by atoms with Gasteiger partial charge in [-0.05, 0) is 91.0 Å². The topological polar surface area (TPSA) is 67.4 Å². The molecule has 3 rings (SSSR count). The average molecular weight is 379 g/mol. The number of carbonyl (C=O) groups is 2. The molecule has 0 aliphatic heterocycles. The molecule has 2 N–H and O–H groups in total. The summed E-state index contributed by atoms with van der Waals surface area (Å²) in [4.78, 5) is 24.1. The summed E-state index contributed by atoms with van der Waals surface area (Å²) >= 11 is 0. The minimum absolute atomic E-state index is 0.107. The molecular formula is C22H38N2O3. The standard InChI is InChI=1S/C22H38N2O3/c1-15(25)16-6-8-17(9-7-16)22(26)24-18-10-12-20(13-11-18)27-21-5-3-4-19(14-21)23-2/h16-21,23H,3-14H2,1-2H3,(H,24,26). The molecule has 0 saturated heterocycles. The van der Waals surface area contributed by atoms with Crippen LogP contribution in [-0.4, -0.2) is 43.0 Å². The van der Waals surface area contributed by atoms with Crippen LogP contribution in [0.1, 0.15) is 84.0 Å². The maximum absolute atomic E-state index is 12.6. The highest BCUT2D eigenvalue weighted by Crippen LogP contribution is 2.31. The number of amides is 1. The summed E-state index contributed by atoms with van der Waals surface area (Å²) in [5, 5.41) is 6.68. The largest absolute Gasteiger partial charge is 0.375 e. The molecule has 0 radical (unpaired) electrons. The smallest absolute Gasteiger partial charge is 0.223 e. The minimum Gasteiger partial charge on any atom is -0.375 e. The van der Waals surface area contributed by atoms with E-state index in [1.54, 1.807) is 6.92 Å². The lowest BCUT2D eigenvalue weighted by molar-refractivity contribution is -0.129. The zero-order valence-corrected chi connectivity index (χ0v) is 17.2. The van der Waals surface area contributed by atoms with Gasteiger partial charge in [0.2, 0.25) is 5.91 Å². The van der Waals surface area contributed by atoms with Crippen LogP contribution >= 0.6 is 0 Å². The van der Waals surface area contributed by atoms with E-state index >= 15 is 0 Å². The molecule has 2 atom stereocenters. The maximum Gasteiger partial charge on any atom is 0.223 e. The van der Waals surface area contributed by atoms with E-state index in [1.807, 2.05) is 7.05 Å². The van der Waals surface area contributed by atoms with E-state index in [9.17, 15) is 9.59 Å². The molecule has 0 spiro atoms. The normalized spacial score (nSPS) is 37.6. The van der Waals surface area contributed by atoms with Crippen LogP contribution in [0.15, 0.2) is 0 Å². The summed E-state index contributed by atoms with van der Waals surface area (Å²) < 4.78 is 6.38. The molecule has 0 heterocycles. The van der Waals surface area contributed by atoms with Crippen LogP contribution in [0.2, 0.25) is 0 Å². The molecule has 27 heavy (non-hydrogen) atoms. The maximum atomic E-state index is 12.6. The molecule has 5 nitrogen and oxygen atoms in total. The van der Waals surface area contributed by atoms with E-state index in [0.717, 1.165) is 57.8 Å². The second-order valence-electron chi connectivity index (χ2n) is 9.05. The molecule has 5 heteroatoms. The van der Waals surface area contributed by atoms with Crippen molar-refractivity contribution in [1.82, 2.24) is 10.6 Å². The minimum atomic E-state index is 0.107. The quantitative estimate of drug-likeness (QED) is 0.744. The third-order valence-electron chi connectivity index (χ3n) is 7.11. The Balaban J connectivity index is 1.34. The van der Waals surface area contributed by atoms with Crippen LogP contribution in [0.3, 0.4) is 0 Å². The van der Waals surface area contributed by atoms with Gasteiger partial charge in [-0.25, -0.2) is 0 Å². The van der Waals surface area contributed by atoms with Crippen LogP contribution in [0.25, 0.3) is 0 Å². The summed E-state index contributed by atoms with van der Waals surface area (Å²) in [5.74, 6) is 0.788. The lowest BCUT2D eigenvalue weighted by atomic mass is 9.79. The number of ketones is 1. The van der Waals surface area contributed by atoms with E-state index in [-0.39, 0.29) is 23.5 Å². The summed E-state index contributed by atoms with van der Waals surface area (Å²) in [6, 6.07) is 0.914. The number of nitrogens with one attached hydrogen (secondary N) is 2. The Hall–Kier alpha value is -0.940. The number of carbonyl (C=O) groups excluding carboxylic acids is 2. The highest BCUT2D eigenvalue weighted by Gasteiger charge is 2.31. The fraction of sp³-hybridized carbons (Fsp3) is 0.909. The number of ether oxygens (including phenoxy) is 1. The number of rotatable bonds is 6. The van der Waals surface area contributed by atoms with Crippen LogP contribution in [-0.2, 0) is 14.3 Å². The van der Waals surface area contributed by atoms with Crippen LogP contribution in [0.5, 0.6) is 0 Å². The van der Waals surface area contributed by atoms with Gasteiger partial charge in [-0.2, -0.15) is 0 Å². The van der Waals surface area contributed by atoms with Crippen molar-refractivity contribution in [3.63, 3.8) is 0 Å². The predicted octanol–water partition coefficient (Wildman–Crippen LogP) is 3.36. The number of Topliss-reactive ketones (excluding diaryl/α,β-unsaturated/α-hetero) is 1. The van der Waals surface area contributed by atoms with E-state index in [2.05, 4.69) is 10.6 Å². The van der Waals surface area contributed by atoms with Gasteiger partial charge in [-0.15, -0.1) is 0 Å². The Morgan fingerprint density at radius 3 is 2.07 bits per heavy atom. The molecular weight excluding hydrogens is 340 g/mol. The lowest BCUT2D eigenvalue weighted by Crippen LogP contribution is -2.44. The Bertz CT molecular complexity index is 494. The zero-order valence-electron chi connectivity index (χ0n) is 17.2. The monoisotopic (exact) mass is 378 g/mol. The first-order valence-electron chi connectivity index (χ1n) is 11.2. The van der Waals surface area contributed by atoms with E-state index < -0.39 is 0 Å². The highest BCUT2D eigenvalue weighted by molar-refractivity contribution is 5.81. The first-order valence-corrected chi connectivity index (χ1v) is 11.2. The summed E-state index contributed by atoms with van der Waals surface area (Å²) in [7, 11) is 2.05. The van der Waals surface area contributed by atoms with Crippen LogP contribution in [0, 0.1) is 11.8 Å². The Kier molecular flexibility index (Phi) is 7.71. The number of hydrogen-bond donors (Lipinski definition) is 2. The summed E-state index contributed by atoms with van der Waals surface area (Å²) in [6.45, 7) is 1.68. The molecule has 3 aliphatic rings. The van der Waals surface area contributed by atoms with E-state index in [4.69, 9.17) is 4.74 Å². The van der Waals surface area contributed by atoms with Crippen LogP contribution < -0.4 is 10.6 Å². The molecule has 1 amide bonds. The summed E-state index contributed by atoms with van der Waals surface area (Å²) in [6.07, 6.45) is 13.3. The van der Waals surface area contributed by atoms with Crippen LogP contribution in [0.4, 0.5) is 0 Å². The highest BCUT2D eigenvalue weighted by atomic mass is 16.5. The molecule has 154 valence electrons. The van der Waals surface area contributed by atoms with Gasteiger partial charge < -0.3 is 15.4 Å². The third-order valence-corrected chi connectivity index (χ3v) is 7.11. The molecule has 0 bridgehead atoms. The van der Waals surface area contributed by atoms with Crippen molar-refractivity contribution >= 4 is 11.7 Å². The molecule has 2 unspecified atom stereocenters. The lowest BCUT2D eigenvalue weighted by Gasteiger charge is -2.35. The summed E-state index contributed by atoms with van der Waals surface area (Å²) in [5.41, 5.74) is 0. The Labute approximate surface area is 164 Å². The second kappa shape index (κ2) is 10.0. The van der Waals surface area contributed by atoms with Gasteiger partial charge in [0.15, 0.2) is 0 Å². The third kappa shape index (κ3) is 6.02. The second-order valence-corrected chi connectivity index (χ2v) is 9.05. The SMILES string of the molecule is CNC1CCCC(OC2CCC(NC(=O)C3CCC(C(C)=O)CC3)CC2)C1. The molecule has 0 aromatic rings. The van der Waals surface area contributed by atoms with Crippen molar-refractivity contribution in [1.29, 1.82) is 0 Å². The molecule has 0 aromatic heterocycles. The molecule has 0 aromatic carbocycles. The van der Waals surface area contributed by atoms with E-state index in [1.165, 1.54) is 19.3 Å². The van der Waals surface area contributed by atoms with Gasteiger partial charge in [0.1, 0.15) is 5.78 Å². The number of hydrogen-bond acceptors (Lipinski definition) is 4. The molecule has 3 fully saturated rings. The fourth-order valence-corrected chi connectivity index (χ4v) is 5.23. The Morgan fingerprint density at radius 1 is 0.778 bits per heavy atom. The molecule has 3 saturated carbocycles. The van der Waals surface area contributed by atoms with Gasteiger partial charge in [-0.3, -0.25) is 9.59 Å². The van der Waals surface area contributed by atoms with Gasteiger partial charge in [-0.1, -0.05) is 0 Å². The predicted molar refractivity (Wildman–Crippen MR) is 107 cm³/mol. The van der Waals surface area contributed by atoms with Gasteiger partial charge in [0.05, 0.1) is 12.2 Å². The van der Waals surface area contributed by atoms with Crippen molar-refractivity contribution in [2.24, 2.45) is 11.8 Å².